The van der Waals surface area contributed by atoms with Crippen molar-refractivity contribution in [1.29, 1.82) is 0 Å². The van der Waals surface area contributed by atoms with Gasteiger partial charge < -0.3 is 9.84 Å². The van der Waals surface area contributed by atoms with Gasteiger partial charge in [0.15, 0.2) is 0 Å². The summed E-state index contributed by atoms with van der Waals surface area (Å²) in [7, 11) is 0. The Morgan fingerprint density at radius 1 is 1.20 bits per heavy atom. The molecule has 0 aromatic carbocycles. The van der Waals surface area contributed by atoms with Gasteiger partial charge in [0.05, 0.1) is 11.5 Å². The zero-order valence-electron chi connectivity index (χ0n) is 16.0. The molecular formula is C21H32O4. The van der Waals surface area contributed by atoms with Crippen molar-refractivity contribution in [3.8, 4) is 0 Å². The van der Waals surface area contributed by atoms with Gasteiger partial charge in [-0.05, 0) is 69.1 Å². The highest BCUT2D eigenvalue weighted by atomic mass is 16.6. The summed E-state index contributed by atoms with van der Waals surface area (Å²) in [5.41, 5.74) is -1.10. The van der Waals surface area contributed by atoms with Crippen molar-refractivity contribution in [2.45, 2.75) is 84.3 Å². The summed E-state index contributed by atoms with van der Waals surface area (Å²) in [5.74, 6) is 0.953. The number of Topliss-reactive ketones (excluding diaryl/α,β-unsaturated/α-hetero) is 1. The van der Waals surface area contributed by atoms with Crippen LogP contribution in [0.4, 0.5) is 0 Å². The van der Waals surface area contributed by atoms with Crippen LogP contribution in [-0.4, -0.2) is 28.6 Å². The maximum absolute atomic E-state index is 13.3. The molecule has 4 fully saturated rings. The number of rotatable bonds is 1. The summed E-state index contributed by atoms with van der Waals surface area (Å²) in [6, 6.07) is 0. The highest BCUT2D eigenvalue weighted by Crippen LogP contribution is 2.70. The standard InChI is InChI=1S/C21H32O4/c1-12-14-6-7-15-19(3)8-5-9-20(4,25-13(2)22)16(19)10-17(23)21(15,11-14)18(12)24/h12,14-17,23H,5-11H2,1-4H3/t12-,14+,15-,16+,17+,19-,20+,21+/m1/s1. The molecule has 0 amide bonds. The molecule has 8 atom stereocenters. The van der Waals surface area contributed by atoms with Crippen LogP contribution in [0.25, 0.3) is 0 Å². The minimum Gasteiger partial charge on any atom is -0.459 e. The maximum atomic E-state index is 13.3. The smallest absolute Gasteiger partial charge is 0.303 e. The van der Waals surface area contributed by atoms with Crippen LogP contribution in [0.2, 0.25) is 0 Å². The van der Waals surface area contributed by atoms with Crippen LogP contribution in [0.3, 0.4) is 0 Å². The first kappa shape index (κ1) is 17.5. The van der Waals surface area contributed by atoms with Crippen LogP contribution in [0, 0.1) is 34.5 Å². The van der Waals surface area contributed by atoms with E-state index in [1.54, 1.807) is 0 Å². The molecule has 0 unspecified atom stereocenters. The molecule has 2 bridgehead atoms. The summed E-state index contributed by atoms with van der Waals surface area (Å²) in [4.78, 5) is 25.0. The van der Waals surface area contributed by atoms with Gasteiger partial charge in [0, 0.05) is 18.8 Å². The molecule has 0 saturated heterocycles. The molecule has 140 valence electrons. The Morgan fingerprint density at radius 3 is 2.60 bits per heavy atom. The van der Waals surface area contributed by atoms with Gasteiger partial charge in [-0.25, -0.2) is 0 Å². The van der Waals surface area contributed by atoms with Gasteiger partial charge in [-0.3, -0.25) is 9.59 Å². The van der Waals surface area contributed by atoms with E-state index < -0.39 is 17.1 Å². The second-order valence-electron chi connectivity index (χ2n) is 9.86. The SMILES string of the molecule is CC(=O)O[C@@]1(C)CCC[C@]2(C)[C@H]3CC[C@H]4C[C@@]3(C(=O)[C@@H]4C)[C@@H](O)C[C@@H]21. The quantitative estimate of drug-likeness (QED) is 0.737. The van der Waals surface area contributed by atoms with Gasteiger partial charge in [-0.2, -0.15) is 0 Å². The van der Waals surface area contributed by atoms with Crippen LogP contribution in [-0.2, 0) is 14.3 Å². The van der Waals surface area contributed by atoms with Crippen molar-refractivity contribution in [1.82, 2.24) is 0 Å². The van der Waals surface area contributed by atoms with Gasteiger partial charge >= 0.3 is 5.97 Å². The molecule has 4 aliphatic rings. The number of ketones is 1. The van der Waals surface area contributed by atoms with E-state index in [9.17, 15) is 14.7 Å². The number of esters is 1. The van der Waals surface area contributed by atoms with E-state index >= 15 is 0 Å². The van der Waals surface area contributed by atoms with Gasteiger partial charge in [0.2, 0.25) is 0 Å². The molecule has 1 spiro atoms. The lowest BCUT2D eigenvalue weighted by molar-refractivity contribution is -0.227. The van der Waals surface area contributed by atoms with E-state index in [4.69, 9.17) is 4.74 Å². The van der Waals surface area contributed by atoms with Crippen LogP contribution in [0.5, 0.6) is 0 Å². The average molecular weight is 348 g/mol. The zero-order valence-corrected chi connectivity index (χ0v) is 16.0. The molecule has 4 rings (SSSR count). The molecule has 1 N–H and O–H groups in total. The minimum absolute atomic E-state index is 0.0353. The molecule has 4 aliphatic carbocycles. The van der Waals surface area contributed by atoms with Gasteiger partial charge in [-0.15, -0.1) is 0 Å². The predicted octanol–water partition coefficient (Wildman–Crippen LogP) is 3.50. The van der Waals surface area contributed by atoms with E-state index in [1.165, 1.54) is 6.92 Å². The maximum Gasteiger partial charge on any atom is 0.303 e. The summed E-state index contributed by atoms with van der Waals surface area (Å²) in [6.45, 7) is 7.90. The molecule has 4 nitrogen and oxygen atoms in total. The average Bonchev–Trinajstić information content (AvgIpc) is 2.71. The topological polar surface area (TPSA) is 63.6 Å². The highest BCUT2D eigenvalue weighted by molar-refractivity contribution is 5.91. The lowest BCUT2D eigenvalue weighted by Crippen LogP contribution is -2.65. The monoisotopic (exact) mass is 348 g/mol. The van der Waals surface area contributed by atoms with Crippen molar-refractivity contribution in [3.63, 3.8) is 0 Å². The van der Waals surface area contributed by atoms with Gasteiger partial charge in [-0.1, -0.05) is 13.8 Å². The Morgan fingerprint density at radius 2 is 1.92 bits per heavy atom. The lowest BCUT2D eigenvalue weighted by Gasteiger charge is -2.64. The lowest BCUT2D eigenvalue weighted by atomic mass is 9.42. The largest absolute Gasteiger partial charge is 0.459 e. The van der Waals surface area contributed by atoms with Crippen LogP contribution < -0.4 is 0 Å². The summed E-state index contributed by atoms with van der Waals surface area (Å²) >= 11 is 0. The normalized spacial score (nSPS) is 54.6. The summed E-state index contributed by atoms with van der Waals surface area (Å²) < 4.78 is 5.83. The Labute approximate surface area is 150 Å². The third-order valence-electron chi connectivity index (χ3n) is 8.78. The fourth-order valence-electron chi connectivity index (χ4n) is 7.79. The molecule has 0 radical (unpaired) electrons. The number of hydrogen-bond donors (Lipinski definition) is 1. The van der Waals surface area contributed by atoms with Crippen LogP contribution in [0.1, 0.15) is 72.6 Å². The van der Waals surface area contributed by atoms with E-state index in [2.05, 4.69) is 13.8 Å². The van der Waals surface area contributed by atoms with Gasteiger partial charge in [0.1, 0.15) is 11.4 Å². The van der Waals surface area contributed by atoms with Gasteiger partial charge in [0.25, 0.3) is 0 Å². The third-order valence-corrected chi connectivity index (χ3v) is 8.78. The number of fused-ring (bicyclic) bond motifs is 3. The molecule has 4 saturated carbocycles. The molecular weight excluding hydrogens is 316 g/mol. The molecule has 0 aliphatic heterocycles. The van der Waals surface area contributed by atoms with Crippen molar-refractivity contribution >= 4 is 11.8 Å². The summed E-state index contributed by atoms with van der Waals surface area (Å²) in [5, 5.41) is 11.2. The first-order valence-corrected chi connectivity index (χ1v) is 10.1. The fourth-order valence-corrected chi connectivity index (χ4v) is 7.79. The molecule has 4 heteroatoms. The number of carbonyl (C=O) groups is 2. The molecule has 0 aromatic heterocycles. The van der Waals surface area contributed by atoms with Crippen LogP contribution in [0.15, 0.2) is 0 Å². The highest BCUT2D eigenvalue weighted by Gasteiger charge is 2.71. The Kier molecular flexibility index (Phi) is 3.72. The number of aliphatic hydroxyl groups is 1. The van der Waals surface area contributed by atoms with Crippen molar-refractivity contribution in [3.05, 3.63) is 0 Å². The summed E-state index contributed by atoms with van der Waals surface area (Å²) in [6.07, 6.45) is 5.93. The molecule has 25 heavy (non-hydrogen) atoms. The van der Waals surface area contributed by atoms with Crippen molar-refractivity contribution in [2.24, 2.45) is 34.5 Å². The van der Waals surface area contributed by atoms with Crippen molar-refractivity contribution < 1.29 is 19.4 Å². The van der Waals surface area contributed by atoms with E-state index in [0.29, 0.717) is 18.1 Å². The number of carbonyl (C=O) groups excluding carboxylic acids is 2. The Balaban J connectivity index is 1.78. The molecule has 0 aromatic rings. The number of aliphatic hydroxyl groups excluding tert-OH is 1. The fraction of sp³-hybridized carbons (Fsp3) is 0.905. The first-order valence-electron chi connectivity index (χ1n) is 10.1. The molecule has 0 heterocycles. The second-order valence-corrected chi connectivity index (χ2v) is 9.86. The van der Waals surface area contributed by atoms with E-state index in [-0.39, 0.29) is 29.1 Å². The van der Waals surface area contributed by atoms with E-state index in [1.807, 2.05) is 6.92 Å². The number of hydrogen-bond acceptors (Lipinski definition) is 4. The number of ether oxygens (including phenoxy) is 1. The predicted molar refractivity (Wildman–Crippen MR) is 93.7 cm³/mol. The van der Waals surface area contributed by atoms with Crippen LogP contribution >= 0.6 is 0 Å². The Bertz CT molecular complexity index is 615. The van der Waals surface area contributed by atoms with E-state index in [0.717, 1.165) is 38.5 Å². The minimum atomic E-state index is -0.594. The van der Waals surface area contributed by atoms with Crippen molar-refractivity contribution in [2.75, 3.05) is 0 Å². The Hall–Kier alpha value is -0.900. The second kappa shape index (κ2) is 5.31. The zero-order chi connectivity index (χ0) is 18.2. The first-order chi connectivity index (χ1) is 11.6. The third kappa shape index (κ3) is 2.09.